The molecule has 1 aliphatic rings. The van der Waals surface area contributed by atoms with Gasteiger partial charge >= 0.3 is 0 Å². The number of hydrogen-bond donors (Lipinski definition) is 1. The highest BCUT2D eigenvalue weighted by atomic mass is 127. The quantitative estimate of drug-likeness (QED) is 0.428. The molecule has 0 saturated carbocycles. The van der Waals surface area contributed by atoms with Crippen LogP contribution >= 0.6 is 35.6 Å². The maximum atomic E-state index is 6.10. The van der Waals surface area contributed by atoms with E-state index in [1.165, 1.54) is 5.69 Å². The minimum Gasteiger partial charge on any atom is -0.370 e. The van der Waals surface area contributed by atoms with Crippen molar-refractivity contribution < 1.29 is 0 Å². The number of aliphatic imine (C=N–C) groups is 1. The number of anilines is 1. The Balaban J connectivity index is 0.00000208. The Kier molecular flexibility index (Phi) is 6.67. The Bertz CT molecular complexity index is 677. The molecule has 7 nitrogen and oxygen atoms in total. The molecule has 2 N–H and O–H groups in total. The first-order chi connectivity index (χ1) is 11.1. The molecule has 0 spiro atoms. The van der Waals surface area contributed by atoms with Gasteiger partial charge in [-0.25, -0.2) is 4.99 Å². The van der Waals surface area contributed by atoms with E-state index in [-0.39, 0.29) is 24.0 Å². The van der Waals surface area contributed by atoms with Crippen LogP contribution in [0.25, 0.3) is 0 Å². The monoisotopic (exact) mass is 461 g/mol. The maximum Gasteiger partial charge on any atom is 0.191 e. The molecule has 0 atom stereocenters. The highest BCUT2D eigenvalue weighted by Crippen LogP contribution is 2.19. The number of aryl methyl sites for hydroxylation is 1. The van der Waals surface area contributed by atoms with Crippen molar-refractivity contribution in [1.29, 1.82) is 0 Å². The lowest BCUT2D eigenvalue weighted by molar-refractivity contribution is 0.380. The Labute approximate surface area is 163 Å². The summed E-state index contributed by atoms with van der Waals surface area (Å²) < 4.78 is 1.84. The second kappa shape index (κ2) is 8.52. The molecular formula is C15H21ClIN7. The molecule has 1 fully saturated rings. The zero-order valence-electron chi connectivity index (χ0n) is 13.5. The predicted molar refractivity (Wildman–Crippen MR) is 107 cm³/mol. The second-order valence-corrected chi connectivity index (χ2v) is 5.92. The molecule has 2 aromatic rings. The maximum absolute atomic E-state index is 6.10. The van der Waals surface area contributed by atoms with Crippen LogP contribution in [0.2, 0.25) is 5.02 Å². The highest BCUT2D eigenvalue weighted by Gasteiger charge is 2.18. The van der Waals surface area contributed by atoms with Crippen LogP contribution in [0.4, 0.5) is 5.69 Å². The second-order valence-electron chi connectivity index (χ2n) is 5.48. The van der Waals surface area contributed by atoms with Crippen LogP contribution in [0.1, 0.15) is 5.82 Å². The summed E-state index contributed by atoms with van der Waals surface area (Å²) in [6, 6.07) is 7.92. The minimum atomic E-state index is 0. The number of nitrogens with two attached hydrogens (primary N) is 1. The van der Waals surface area contributed by atoms with Gasteiger partial charge in [0.05, 0.1) is 0 Å². The van der Waals surface area contributed by atoms with Gasteiger partial charge in [-0.1, -0.05) is 11.6 Å². The molecule has 1 aromatic heterocycles. The third kappa shape index (κ3) is 4.50. The number of nitrogens with zero attached hydrogens (tertiary/aromatic N) is 6. The van der Waals surface area contributed by atoms with E-state index in [0.717, 1.165) is 37.0 Å². The average molecular weight is 462 g/mol. The summed E-state index contributed by atoms with van der Waals surface area (Å²) in [6.45, 7) is 3.94. The summed E-state index contributed by atoms with van der Waals surface area (Å²) in [4.78, 5) is 8.84. The Morgan fingerprint density at radius 2 is 1.88 bits per heavy atom. The minimum absolute atomic E-state index is 0. The molecule has 130 valence electrons. The summed E-state index contributed by atoms with van der Waals surface area (Å²) in [5, 5.41) is 8.60. The molecule has 0 aliphatic carbocycles. The molecule has 9 heteroatoms. The number of aromatic nitrogens is 3. The first-order valence-corrected chi connectivity index (χ1v) is 7.89. The van der Waals surface area contributed by atoms with E-state index in [2.05, 4.69) is 25.0 Å². The Morgan fingerprint density at radius 1 is 1.21 bits per heavy atom. The molecule has 24 heavy (non-hydrogen) atoms. The number of guanidine groups is 1. The van der Waals surface area contributed by atoms with Gasteiger partial charge in [-0.15, -0.1) is 34.2 Å². The van der Waals surface area contributed by atoms with Gasteiger partial charge in [0.25, 0.3) is 0 Å². The van der Waals surface area contributed by atoms with Gasteiger partial charge in [-0.3, -0.25) is 0 Å². The number of rotatable bonds is 3. The van der Waals surface area contributed by atoms with Crippen molar-refractivity contribution >= 4 is 47.2 Å². The predicted octanol–water partition coefficient (Wildman–Crippen LogP) is 1.72. The number of halogens is 2. The molecule has 3 rings (SSSR count). The molecule has 0 radical (unpaired) electrons. The summed E-state index contributed by atoms with van der Waals surface area (Å²) >= 11 is 5.93. The third-order valence-electron chi connectivity index (χ3n) is 3.98. The van der Waals surface area contributed by atoms with Crippen molar-refractivity contribution in [2.75, 3.05) is 31.1 Å². The fourth-order valence-electron chi connectivity index (χ4n) is 2.55. The van der Waals surface area contributed by atoms with Gasteiger partial charge in [0.15, 0.2) is 11.8 Å². The van der Waals surface area contributed by atoms with Crippen LogP contribution in [0.15, 0.2) is 35.6 Å². The van der Waals surface area contributed by atoms with Crippen molar-refractivity contribution in [3.8, 4) is 0 Å². The number of hydrogen-bond acceptors (Lipinski definition) is 4. The smallest absolute Gasteiger partial charge is 0.191 e. The van der Waals surface area contributed by atoms with Gasteiger partial charge in [0.2, 0.25) is 0 Å². The van der Waals surface area contributed by atoms with Crippen LogP contribution in [-0.4, -0.2) is 51.8 Å². The van der Waals surface area contributed by atoms with Crippen molar-refractivity contribution in [1.82, 2.24) is 19.7 Å². The summed E-state index contributed by atoms with van der Waals surface area (Å²) in [5.74, 6) is 1.36. The highest BCUT2D eigenvalue weighted by molar-refractivity contribution is 14.0. The van der Waals surface area contributed by atoms with E-state index in [9.17, 15) is 0 Å². The van der Waals surface area contributed by atoms with Crippen molar-refractivity contribution in [3.63, 3.8) is 0 Å². The van der Waals surface area contributed by atoms with Crippen molar-refractivity contribution in [2.45, 2.75) is 6.54 Å². The number of piperazine rings is 1. The lowest BCUT2D eigenvalue weighted by Gasteiger charge is -2.36. The largest absolute Gasteiger partial charge is 0.370 e. The molecule has 1 aliphatic heterocycles. The van der Waals surface area contributed by atoms with E-state index in [4.69, 9.17) is 17.3 Å². The lowest BCUT2D eigenvalue weighted by Crippen LogP contribution is -2.51. The molecule has 0 bridgehead atoms. The number of benzene rings is 1. The summed E-state index contributed by atoms with van der Waals surface area (Å²) in [6.07, 6.45) is 1.66. The topological polar surface area (TPSA) is 75.6 Å². The van der Waals surface area contributed by atoms with E-state index in [1.54, 1.807) is 6.33 Å². The van der Waals surface area contributed by atoms with Crippen LogP contribution < -0.4 is 10.6 Å². The fraction of sp³-hybridized carbons (Fsp3) is 0.400. The van der Waals surface area contributed by atoms with Crippen LogP contribution in [0.5, 0.6) is 0 Å². The molecule has 0 amide bonds. The first kappa shape index (κ1) is 18.8. The van der Waals surface area contributed by atoms with Gasteiger partial charge < -0.3 is 20.1 Å². The summed E-state index contributed by atoms with van der Waals surface area (Å²) in [7, 11) is 1.89. The Morgan fingerprint density at radius 3 is 2.46 bits per heavy atom. The zero-order chi connectivity index (χ0) is 16.2. The van der Waals surface area contributed by atoms with E-state index in [1.807, 2.05) is 35.9 Å². The van der Waals surface area contributed by atoms with Gasteiger partial charge in [0, 0.05) is 43.9 Å². The molecular weight excluding hydrogens is 441 g/mol. The van der Waals surface area contributed by atoms with Crippen LogP contribution in [0.3, 0.4) is 0 Å². The Hall–Kier alpha value is -1.55. The third-order valence-corrected chi connectivity index (χ3v) is 4.24. The fourth-order valence-corrected chi connectivity index (χ4v) is 2.67. The SMILES string of the molecule is Cn1cnnc1CN=C(N)N1CCN(c2ccc(Cl)cc2)CC1.I. The molecule has 1 saturated heterocycles. The standard InChI is InChI=1S/C15H20ClN7.HI/c1-21-11-19-20-14(21)10-18-15(17)23-8-6-22(7-9-23)13-4-2-12(16)3-5-13;/h2-5,11H,6-10H2,1H3,(H2,17,18);1H. The average Bonchev–Trinajstić information content (AvgIpc) is 2.99. The summed E-state index contributed by atoms with van der Waals surface area (Å²) in [5.41, 5.74) is 7.29. The zero-order valence-corrected chi connectivity index (χ0v) is 16.6. The van der Waals surface area contributed by atoms with Gasteiger partial charge in [-0.2, -0.15) is 0 Å². The van der Waals surface area contributed by atoms with E-state index >= 15 is 0 Å². The van der Waals surface area contributed by atoms with E-state index < -0.39 is 0 Å². The van der Waals surface area contributed by atoms with Gasteiger partial charge in [-0.05, 0) is 24.3 Å². The molecule has 1 aromatic carbocycles. The van der Waals surface area contributed by atoms with Crippen LogP contribution in [-0.2, 0) is 13.6 Å². The van der Waals surface area contributed by atoms with Gasteiger partial charge in [0.1, 0.15) is 12.9 Å². The van der Waals surface area contributed by atoms with Crippen molar-refractivity contribution in [3.05, 3.63) is 41.4 Å². The molecule has 0 unspecified atom stereocenters. The normalized spacial score (nSPS) is 15.3. The van der Waals surface area contributed by atoms with Crippen LogP contribution in [0, 0.1) is 0 Å². The lowest BCUT2D eigenvalue weighted by atomic mass is 10.2. The molecule has 2 heterocycles. The van der Waals surface area contributed by atoms with Crippen molar-refractivity contribution in [2.24, 2.45) is 17.8 Å². The first-order valence-electron chi connectivity index (χ1n) is 7.52. The van der Waals surface area contributed by atoms with E-state index in [0.29, 0.717) is 12.5 Å².